The minimum atomic E-state index is -0.208. The lowest BCUT2D eigenvalue weighted by Gasteiger charge is -2.28. The zero-order valence-electron chi connectivity index (χ0n) is 16.5. The Morgan fingerprint density at radius 2 is 1.69 bits per heavy atom. The van der Waals surface area contributed by atoms with Gasteiger partial charge in [-0.2, -0.15) is 0 Å². The number of hydrogen-bond donors (Lipinski definition) is 3. The number of amides is 1. The third-order valence-electron chi connectivity index (χ3n) is 4.27. The second-order valence-corrected chi connectivity index (χ2v) is 9.60. The van der Waals surface area contributed by atoms with Crippen LogP contribution < -0.4 is 5.43 Å². The summed E-state index contributed by atoms with van der Waals surface area (Å²) in [6.45, 7) is 12.8. The summed E-state index contributed by atoms with van der Waals surface area (Å²) in [5.41, 5.74) is 5.16. The number of nitrogens with zero attached hydrogens (tertiary/aromatic N) is 1. The molecule has 5 nitrogen and oxygen atoms in total. The highest BCUT2D eigenvalue weighted by atomic mass is 32.2. The molecule has 0 aromatic heterocycles. The smallest absolute Gasteiger partial charge is 0.275 e. The van der Waals surface area contributed by atoms with E-state index in [1.165, 1.54) is 16.8 Å². The second kappa shape index (κ2) is 7.62. The number of phenolic OH excluding ortho intramolecular Hbond substituents is 1. The molecule has 1 aromatic carbocycles. The number of hydrazine groups is 1. The Morgan fingerprint density at radius 3 is 2.15 bits per heavy atom. The predicted molar refractivity (Wildman–Crippen MR) is 108 cm³/mol. The number of carbonyl (C=O) groups is 1. The van der Waals surface area contributed by atoms with Crippen molar-refractivity contribution in [2.24, 2.45) is 0 Å². The van der Waals surface area contributed by atoms with Gasteiger partial charge in [0.05, 0.1) is 17.4 Å². The van der Waals surface area contributed by atoms with Crippen molar-refractivity contribution < 1.29 is 15.0 Å². The fraction of sp³-hybridized carbons (Fsp3) is 0.550. The van der Waals surface area contributed by atoms with E-state index in [1.54, 1.807) is 0 Å². The number of thioether (sulfide) groups is 1. The van der Waals surface area contributed by atoms with Gasteiger partial charge in [-0.1, -0.05) is 53.3 Å². The summed E-state index contributed by atoms with van der Waals surface area (Å²) in [4.78, 5) is 13.1. The maximum absolute atomic E-state index is 12.5. The van der Waals surface area contributed by atoms with Crippen LogP contribution in [0, 0.1) is 0 Å². The van der Waals surface area contributed by atoms with Gasteiger partial charge in [-0.25, -0.2) is 5.43 Å². The number of carbonyl (C=O) groups excluding carboxylic acids is 1. The van der Waals surface area contributed by atoms with Gasteiger partial charge in [-0.3, -0.25) is 9.80 Å². The highest BCUT2D eigenvalue weighted by molar-refractivity contribution is 8.04. The van der Waals surface area contributed by atoms with Crippen LogP contribution in [0.3, 0.4) is 0 Å². The lowest BCUT2D eigenvalue weighted by molar-refractivity contribution is -0.127. The lowest BCUT2D eigenvalue weighted by atomic mass is 9.78. The van der Waals surface area contributed by atoms with Crippen LogP contribution in [-0.2, 0) is 15.6 Å². The molecule has 1 aliphatic rings. The molecule has 0 aliphatic carbocycles. The number of hydrogen-bond acceptors (Lipinski definition) is 5. The summed E-state index contributed by atoms with van der Waals surface area (Å²) >= 11 is 1.47. The largest absolute Gasteiger partial charge is 0.507 e. The zero-order valence-corrected chi connectivity index (χ0v) is 17.3. The third-order valence-corrected chi connectivity index (χ3v) is 5.26. The summed E-state index contributed by atoms with van der Waals surface area (Å²) in [5.74, 6) is 0.760. The van der Waals surface area contributed by atoms with Crippen molar-refractivity contribution in [1.29, 1.82) is 0 Å². The molecule has 0 spiro atoms. The van der Waals surface area contributed by atoms with Crippen LogP contribution in [0.1, 0.15) is 58.2 Å². The van der Waals surface area contributed by atoms with Crippen molar-refractivity contribution in [2.45, 2.75) is 52.4 Å². The van der Waals surface area contributed by atoms with Gasteiger partial charge in [0.2, 0.25) is 0 Å². The lowest BCUT2D eigenvalue weighted by Crippen LogP contribution is -2.40. The molecule has 2 rings (SSSR count). The van der Waals surface area contributed by atoms with Gasteiger partial charge in [0.15, 0.2) is 0 Å². The van der Waals surface area contributed by atoms with Gasteiger partial charge in [-0.05, 0) is 34.6 Å². The minimum absolute atomic E-state index is 0.0185. The van der Waals surface area contributed by atoms with Crippen molar-refractivity contribution in [3.8, 4) is 5.75 Å². The summed E-state index contributed by atoms with van der Waals surface area (Å²) in [6.07, 6.45) is 1.89. The van der Waals surface area contributed by atoms with E-state index in [9.17, 15) is 9.90 Å². The molecule has 1 aromatic rings. The molecule has 26 heavy (non-hydrogen) atoms. The molecule has 0 bridgehead atoms. The van der Waals surface area contributed by atoms with E-state index < -0.39 is 0 Å². The van der Waals surface area contributed by atoms with Crippen LogP contribution in [-0.4, -0.2) is 40.2 Å². The highest BCUT2D eigenvalue weighted by Crippen LogP contribution is 2.40. The molecule has 1 heterocycles. The molecule has 0 unspecified atom stereocenters. The number of benzene rings is 1. The summed E-state index contributed by atoms with van der Waals surface area (Å²) < 4.78 is 0. The first-order valence-corrected chi connectivity index (χ1v) is 9.82. The molecule has 1 amide bonds. The average molecular weight is 379 g/mol. The Bertz CT molecular complexity index is 680. The van der Waals surface area contributed by atoms with Crippen molar-refractivity contribution in [3.05, 3.63) is 33.7 Å². The van der Waals surface area contributed by atoms with Crippen LogP contribution in [0.4, 0.5) is 0 Å². The number of nitrogens with one attached hydrogen (secondary N) is 1. The first-order chi connectivity index (χ1) is 11.9. The van der Waals surface area contributed by atoms with Crippen molar-refractivity contribution in [2.75, 3.05) is 19.0 Å². The van der Waals surface area contributed by atoms with Crippen molar-refractivity contribution in [3.63, 3.8) is 0 Å². The van der Waals surface area contributed by atoms with E-state index in [0.717, 1.165) is 16.7 Å². The number of rotatable bonds is 4. The SMILES string of the molecule is CC(C)(C)c1cc(/C=C2\SCN(NCCO)C2=O)cc(C(C)(C)C)c1O. The maximum Gasteiger partial charge on any atom is 0.275 e. The van der Waals surface area contributed by atoms with Crippen LogP contribution in [0.25, 0.3) is 6.08 Å². The van der Waals surface area contributed by atoms with Gasteiger partial charge >= 0.3 is 0 Å². The molecule has 0 radical (unpaired) electrons. The molecule has 3 N–H and O–H groups in total. The zero-order chi connectivity index (χ0) is 19.7. The molecular weight excluding hydrogens is 348 g/mol. The van der Waals surface area contributed by atoms with Gasteiger partial charge in [0, 0.05) is 17.7 Å². The van der Waals surface area contributed by atoms with Crippen LogP contribution in [0.5, 0.6) is 5.75 Å². The Kier molecular flexibility index (Phi) is 6.10. The second-order valence-electron chi connectivity index (χ2n) is 8.61. The van der Waals surface area contributed by atoms with Gasteiger partial charge in [0.1, 0.15) is 5.75 Å². The monoisotopic (exact) mass is 378 g/mol. The Labute approximate surface area is 160 Å². The summed E-state index contributed by atoms with van der Waals surface area (Å²) in [7, 11) is 0. The van der Waals surface area contributed by atoms with E-state index in [0.29, 0.717) is 23.1 Å². The standard InChI is InChI=1S/C20H30N2O3S/c1-19(2,3)14-9-13(10-15(17(14)24)20(4,5)6)11-16-18(25)22(12-26-16)21-7-8-23/h9-11,21,23-24H,7-8,12H2,1-6H3/b16-11-. The average Bonchev–Trinajstić information content (AvgIpc) is 2.85. The number of phenols is 1. The van der Waals surface area contributed by atoms with E-state index in [2.05, 4.69) is 47.0 Å². The molecule has 0 atom stereocenters. The molecule has 6 heteroatoms. The quantitative estimate of drug-likeness (QED) is 0.701. The summed E-state index contributed by atoms with van der Waals surface area (Å²) in [5, 5.41) is 21.2. The maximum atomic E-state index is 12.5. The normalized spacial score (nSPS) is 17.4. The van der Waals surface area contributed by atoms with Crippen LogP contribution in [0.15, 0.2) is 17.0 Å². The first kappa shape index (κ1) is 20.8. The fourth-order valence-corrected chi connectivity index (χ4v) is 3.76. The number of aromatic hydroxyl groups is 1. The number of aliphatic hydroxyl groups is 1. The van der Waals surface area contributed by atoms with E-state index in [4.69, 9.17) is 5.11 Å². The van der Waals surface area contributed by atoms with Gasteiger partial charge in [0.25, 0.3) is 5.91 Å². The Balaban J connectivity index is 2.46. The van der Waals surface area contributed by atoms with E-state index in [-0.39, 0.29) is 23.3 Å². The first-order valence-electron chi connectivity index (χ1n) is 8.84. The Morgan fingerprint density at radius 1 is 1.15 bits per heavy atom. The highest BCUT2D eigenvalue weighted by Gasteiger charge is 2.29. The minimum Gasteiger partial charge on any atom is -0.507 e. The molecular formula is C20H30N2O3S. The molecule has 1 aliphatic heterocycles. The molecule has 1 fully saturated rings. The topological polar surface area (TPSA) is 72.8 Å². The van der Waals surface area contributed by atoms with Gasteiger partial charge < -0.3 is 10.2 Å². The van der Waals surface area contributed by atoms with Crippen molar-refractivity contribution >= 4 is 23.7 Å². The number of aliphatic hydroxyl groups excluding tert-OH is 1. The fourth-order valence-electron chi connectivity index (χ4n) is 2.83. The summed E-state index contributed by atoms with van der Waals surface area (Å²) in [6, 6.07) is 3.93. The molecule has 0 saturated carbocycles. The van der Waals surface area contributed by atoms with Crippen molar-refractivity contribution in [1.82, 2.24) is 10.4 Å². The van der Waals surface area contributed by atoms with E-state index >= 15 is 0 Å². The van der Waals surface area contributed by atoms with E-state index in [1.807, 2.05) is 18.2 Å². The molecule has 1 saturated heterocycles. The van der Waals surface area contributed by atoms with Gasteiger partial charge in [-0.15, -0.1) is 0 Å². The van der Waals surface area contributed by atoms with Crippen LogP contribution in [0.2, 0.25) is 0 Å². The Hall–Kier alpha value is -1.50. The third kappa shape index (κ3) is 4.61. The predicted octanol–water partition coefficient (Wildman–Crippen LogP) is 3.36. The molecule has 144 valence electrons. The van der Waals surface area contributed by atoms with Crippen LogP contribution >= 0.6 is 11.8 Å².